The zero-order valence-corrected chi connectivity index (χ0v) is 25.6. The first-order valence-electron chi connectivity index (χ1n) is 13.7. The van der Waals surface area contributed by atoms with Crippen LogP contribution in [0.25, 0.3) is 0 Å². The van der Waals surface area contributed by atoms with Gasteiger partial charge in [0.15, 0.2) is 0 Å². The maximum atomic E-state index is 12.9. The Bertz CT molecular complexity index is 1020. The highest BCUT2D eigenvalue weighted by Crippen LogP contribution is 2.20. The number of primary amides is 1. The van der Waals surface area contributed by atoms with Crippen LogP contribution in [0.3, 0.4) is 0 Å². The second-order valence-electron chi connectivity index (χ2n) is 10.9. The number of benzene rings is 1. The lowest BCUT2D eigenvalue weighted by molar-refractivity contribution is -0.133. The van der Waals surface area contributed by atoms with Crippen LogP contribution in [0.2, 0.25) is 0 Å². The summed E-state index contributed by atoms with van der Waals surface area (Å²) in [5, 5.41) is 13.1. The Morgan fingerprint density at radius 3 is 2.33 bits per heavy atom. The average Bonchev–Trinajstić information content (AvgIpc) is 2.94. The molecule has 6 amide bonds. The molecular weight excluding hydrogens is 568 g/mol. The fourth-order valence-corrected chi connectivity index (χ4v) is 3.77. The van der Waals surface area contributed by atoms with E-state index < -0.39 is 34.9 Å². The van der Waals surface area contributed by atoms with Gasteiger partial charge in [0, 0.05) is 36.7 Å². The lowest BCUT2D eigenvalue weighted by Gasteiger charge is -2.25. The highest BCUT2D eigenvalue weighted by Gasteiger charge is 2.28. The summed E-state index contributed by atoms with van der Waals surface area (Å²) in [4.78, 5) is 59.8. The van der Waals surface area contributed by atoms with Crippen LogP contribution >= 0.6 is 11.6 Å². The predicted octanol–water partition coefficient (Wildman–Crippen LogP) is 1.39. The first-order valence-corrected chi connectivity index (χ1v) is 14.3. The molecule has 0 aliphatic heterocycles. The summed E-state index contributed by atoms with van der Waals surface area (Å²) in [5.41, 5.74) is 5.16. The van der Waals surface area contributed by atoms with Gasteiger partial charge in [0.1, 0.15) is 6.04 Å². The van der Waals surface area contributed by atoms with Crippen LogP contribution in [-0.2, 0) is 34.5 Å². The summed E-state index contributed by atoms with van der Waals surface area (Å²) in [6.45, 7) is 8.41. The van der Waals surface area contributed by atoms with Gasteiger partial charge < -0.3 is 41.8 Å². The van der Waals surface area contributed by atoms with Crippen molar-refractivity contribution in [3.8, 4) is 0 Å². The number of nitrogens with two attached hydrogens (primary N) is 1. The topological polar surface area (TPSA) is 190 Å². The summed E-state index contributed by atoms with van der Waals surface area (Å²) >= 11 is 5.81. The second-order valence-corrected chi connectivity index (χ2v) is 11.2. The Morgan fingerprint density at radius 2 is 1.71 bits per heavy atom. The van der Waals surface area contributed by atoms with Gasteiger partial charge in [-0.2, -0.15) is 0 Å². The van der Waals surface area contributed by atoms with Gasteiger partial charge in [0.25, 0.3) is 0 Å². The molecule has 1 aromatic carbocycles. The molecule has 0 saturated carbocycles. The molecule has 1 atom stereocenters. The normalized spacial score (nSPS) is 12.1. The summed E-state index contributed by atoms with van der Waals surface area (Å²) < 4.78 is 11.3. The van der Waals surface area contributed by atoms with Gasteiger partial charge in [-0.25, -0.2) is 4.79 Å². The van der Waals surface area contributed by atoms with Crippen molar-refractivity contribution in [1.82, 2.24) is 21.3 Å². The first-order chi connectivity index (χ1) is 19.8. The van der Waals surface area contributed by atoms with Crippen molar-refractivity contribution < 1.29 is 33.4 Å². The van der Waals surface area contributed by atoms with Crippen molar-refractivity contribution in [3.05, 3.63) is 29.8 Å². The predicted molar refractivity (Wildman–Crippen MR) is 160 cm³/mol. The molecule has 14 heteroatoms. The molecule has 0 fully saturated rings. The van der Waals surface area contributed by atoms with Crippen LogP contribution < -0.4 is 32.3 Å². The molecule has 1 unspecified atom stereocenters. The van der Waals surface area contributed by atoms with E-state index in [1.807, 2.05) is 13.8 Å². The molecule has 42 heavy (non-hydrogen) atoms. The molecule has 0 radical (unpaired) electrons. The van der Waals surface area contributed by atoms with Crippen LogP contribution in [0.1, 0.15) is 52.5 Å². The first kappa shape index (κ1) is 36.6. The van der Waals surface area contributed by atoms with Crippen LogP contribution in [0, 0.1) is 5.41 Å². The number of halogens is 1. The largest absolute Gasteiger partial charge is 0.379 e. The molecule has 0 aromatic heterocycles. The van der Waals surface area contributed by atoms with Crippen molar-refractivity contribution in [1.29, 1.82) is 0 Å². The summed E-state index contributed by atoms with van der Waals surface area (Å²) in [7, 11) is 0. The number of hydrogen-bond donors (Lipinski definition) is 6. The van der Waals surface area contributed by atoms with E-state index in [2.05, 4.69) is 26.6 Å². The summed E-state index contributed by atoms with van der Waals surface area (Å²) in [5.74, 6) is -0.993. The van der Waals surface area contributed by atoms with E-state index >= 15 is 0 Å². The van der Waals surface area contributed by atoms with E-state index in [0.29, 0.717) is 57.2 Å². The average molecular weight is 613 g/mol. The highest BCUT2D eigenvalue weighted by atomic mass is 35.5. The lowest BCUT2D eigenvalue weighted by atomic mass is 9.88. The fourth-order valence-electron chi connectivity index (χ4n) is 3.60. The molecule has 0 aliphatic rings. The van der Waals surface area contributed by atoms with Gasteiger partial charge >= 0.3 is 6.03 Å². The number of anilines is 1. The highest BCUT2D eigenvalue weighted by molar-refractivity contribution is 6.17. The second kappa shape index (κ2) is 18.9. The minimum absolute atomic E-state index is 0.225. The van der Waals surface area contributed by atoms with Crippen LogP contribution in [0.4, 0.5) is 10.5 Å². The Hall–Kier alpha value is -3.42. The minimum atomic E-state index is -0.917. The number of rotatable bonds is 21. The van der Waals surface area contributed by atoms with Gasteiger partial charge in [0.2, 0.25) is 24.1 Å². The monoisotopic (exact) mass is 612 g/mol. The van der Waals surface area contributed by atoms with E-state index in [9.17, 15) is 24.0 Å². The quantitative estimate of drug-likeness (QED) is 0.0686. The number of nitrogens with one attached hydrogen (secondary N) is 5. The molecule has 7 N–H and O–H groups in total. The van der Waals surface area contributed by atoms with Crippen LogP contribution in [0.5, 0.6) is 0 Å². The molecule has 1 aromatic rings. The summed E-state index contributed by atoms with van der Waals surface area (Å²) in [6, 6.07) is 5.36. The number of carbonyl (C=O) groups is 5. The van der Waals surface area contributed by atoms with E-state index in [0.717, 1.165) is 5.56 Å². The number of alkyl halides is 1. The molecule has 0 bridgehead atoms. The third kappa shape index (κ3) is 15.5. The van der Waals surface area contributed by atoms with E-state index in [-0.39, 0.29) is 25.4 Å². The Balaban J connectivity index is 2.55. The Morgan fingerprint density at radius 1 is 1.02 bits per heavy atom. The molecule has 236 valence electrons. The third-order valence-electron chi connectivity index (χ3n) is 6.22. The maximum absolute atomic E-state index is 12.9. The van der Waals surface area contributed by atoms with E-state index in [1.165, 1.54) is 0 Å². The SMILES string of the molecule is CC(C)(CNC=O)OCCOCCC(C)(C)C(=O)NCC(=O)NC(CCCNC(N)=O)C(=O)Nc1ccc(CCl)cc1. The Labute approximate surface area is 252 Å². The number of hydrogen-bond acceptors (Lipinski definition) is 7. The molecule has 0 saturated heterocycles. The minimum Gasteiger partial charge on any atom is -0.379 e. The maximum Gasteiger partial charge on any atom is 0.312 e. The standard InChI is InChI=1S/C28H45ClN6O7/c1-27(2,11-13-41-14-15-42-28(3,4)18-31-19-36)25(39)33-17-23(37)35-22(6-5-12-32-26(30)40)24(38)34-21-9-7-20(16-29)8-10-21/h7-10,19,22H,5-6,11-18H2,1-4H3,(H,31,36)(H,33,39)(H,34,38)(H,35,37)(H3,30,32,40). The van der Waals surface area contributed by atoms with E-state index in [1.54, 1.807) is 38.1 Å². The van der Waals surface area contributed by atoms with Crippen LogP contribution in [0.15, 0.2) is 24.3 Å². The molecule has 13 nitrogen and oxygen atoms in total. The fraction of sp³-hybridized carbons (Fsp3) is 0.607. The zero-order valence-electron chi connectivity index (χ0n) is 24.8. The van der Waals surface area contributed by atoms with Crippen molar-refractivity contribution in [2.45, 2.75) is 64.5 Å². The van der Waals surface area contributed by atoms with Crippen molar-refractivity contribution in [3.63, 3.8) is 0 Å². The molecular formula is C28H45ClN6O7. The smallest absolute Gasteiger partial charge is 0.312 e. The molecule has 0 spiro atoms. The van der Waals surface area contributed by atoms with Crippen molar-refractivity contribution in [2.24, 2.45) is 11.1 Å². The van der Waals surface area contributed by atoms with Crippen molar-refractivity contribution in [2.75, 3.05) is 44.8 Å². The molecule has 0 heterocycles. The number of ether oxygens (including phenoxy) is 2. The van der Waals surface area contributed by atoms with Crippen LogP contribution in [-0.4, -0.2) is 81.3 Å². The van der Waals surface area contributed by atoms with Gasteiger partial charge in [-0.15, -0.1) is 11.6 Å². The summed E-state index contributed by atoms with van der Waals surface area (Å²) in [6.07, 6.45) is 1.62. The third-order valence-corrected chi connectivity index (χ3v) is 6.53. The number of urea groups is 1. The molecule has 1 rings (SSSR count). The van der Waals surface area contributed by atoms with Gasteiger partial charge in [0.05, 0.1) is 25.4 Å². The lowest BCUT2D eigenvalue weighted by Crippen LogP contribution is -2.49. The van der Waals surface area contributed by atoms with Gasteiger partial charge in [-0.05, 0) is 50.8 Å². The van der Waals surface area contributed by atoms with E-state index in [4.69, 9.17) is 26.8 Å². The van der Waals surface area contributed by atoms with Crippen molar-refractivity contribution >= 4 is 47.5 Å². The Kier molecular flexibility index (Phi) is 16.5. The number of amides is 6. The zero-order chi connectivity index (χ0) is 31.6. The van der Waals surface area contributed by atoms with Gasteiger partial charge in [-0.1, -0.05) is 26.0 Å². The molecule has 0 aliphatic carbocycles. The number of carbonyl (C=O) groups excluding carboxylic acids is 5. The van der Waals surface area contributed by atoms with Gasteiger partial charge in [-0.3, -0.25) is 19.2 Å².